The molecule has 3 aromatic carbocycles. The minimum atomic E-state index is -0.671. The van der Waals surface area contributed by atoms with Crippen LogP contribution in [0.4, 0.5) is 11.4 Å². The molecule has 2 aliphatic heterocycles. The molecule has 8 heteroatoms. The minimum Gasteiger partial charge on any atom is -0.342 e. The van der Waals surface area contributed by atoms with E-state index in [1.54, 1.807) is 47.4 Å². The molecule has 8 nitrogen and oxygen atoms in total. The summed E-state index contributed by atoms with van der Waals surface area (Å²) in [5, 5.41) is 2.90. The van der Waals surface area contributed by atoms with Crippen molar-refractivity contribution in [2.24, 2.45) is 0 Å². The van der Waals surface area contributed by atoms with Gasteiger partial charge in [-0.15, -0.1) is 0 Å². The average molecular weight is 466 g/mol. The van der Waals surface area contributed by atoms with Gasteiger partial charge in [0.1, 0.15) is 18.5 Å². The van der Waals surface area contributed by atoms with Crippen LogP contribution in [0.3, 0.4) is 0 Å². The van der Waals surface area contributed by atoms with Crippen LogP contribution in [-0.4, -0.2) is 39.1 Å². The summed E-state index contributed by atoms with van der Waals surface area (Å²) < 4.78 is 0. The van der Waals surface area contributed by atoms with Gasteiger partial charge in [-0.05, 0) is 36.4 Å². The molecule has 1 atom stereocenters. The fraction of sp³-hybridized carbons (Fsp3) is 0.185. The first kappa shape index (κ1) is 21.1. The Morgan fingerprint density at radius 2 is 1.74 bits per heavy atom. The molecular formula is C27H23N5O3. The third-order valence-electron chi connectivity index (χ3n) is 6.53. The van der Waals surface area contributed by atoms with Gasteiger partial charge in [-0.2, -0.15) is 0 Å². The standard InChI is InChI=1S/C27H23N5O3/c1-15(2)24-29-20-12-11-16(13-21(20)30-24)28-23(33)14-31-25-17-7-3-4-8-18(17)27(35)32(25)22-10-6-5-9-19(22)26(31)34/h3-13,15,25H,14H2,1-2H3,(H,28,33)(H,29,30)/t25-/m0/s1. The van der Waals surface area contributed by atoms with Crippen LogP contribution in [0.2, 0.25) is 0 Å². The topological polar surface area (TPSA) is 98.4 Å². The Hall–Kier alpha value is -4.46. The lowest BCUT2D eigenvalue weighted by molar-refractivity contribution is -0.117. The zero-order valence-electron chi connectivity index (χ0n) is 19.3. The Labute approximate surface area is 201 Å². The molecule has 0 radical (unpaired) electrons. The van der Waals surface area contributed by atoms with Crippen LogP contribution in [0.25, 0.3) is 11.0 Å². The van der Waals surface area contributed by atoms with Gasteiger partial charge in [0.15, 0.2) is 0 Å². The Morgan fingerprint density at radius 3 is 2.54 bits per heavy atom. The second-order valence-corrected chi connectivity index (χ2v) is 9.14. The highest BCUT2D eigenvalue weighted by molar-refractivity contribution is 6.17. The molecule has 4 aromatic rings. The number of H-pyrrole nitrogens is 1. The summed E-state index contributed by atoms with van der Waals surface area (Å²) in [7, 11) is 0. The van der Waals surface area contributed by atoms with Gasteiger partial charge in [0.2, 0.25) is 5.91 Å². The third kappa shape index (κ3) is 3.29. The predicted molar refractivity (Wildman–Crippen MR) is 132 cm³/mol. The SMILES string of the molecule is CC(C)c1nc2ccc(NC(=O)CN3C(=O)c4ccccc4N4C(=O)c5ccccc5[C@@H]34)cc2[nH]1. The number of aromatic amines is 1. The molecule has 0 saturated carbocycles. The third-order valence-corrected chi connectivity index (χ3v) is 6.53. The van der Waals surface area contributed by atoms with E-state index in [1.165, 1.54) is 4.90 Å². The van der Waals surface area contributed by atoms with E-state index < -0.39 is 6.17 Å². The Kier molecular flexibility index (Phi) is 4.70. The maximum atomic E-state index is 13.5. The Balaban J connectivity index is 1.32. The first-order valence-electron chi connectivity index (χ1n) is 11.5. The number of fused-ring (bicyclic) bond motifs is 6. The monoisotopic (exact) mass is 465 g/mol. The fourth-order valence-electron chi connectivity index (χ4n) is 4.87. The van der Waals surface area contributed by atoms with Gasteiger partial charge in [-0.3, -0.25) is 19.3 Å². The van der Waals surface area contributed by atoms with Crippen molar-refractivity contribution in [2.75, 3.05) is 16.8 Å². The normalized spacial score (nSPS) is 16.5. The lowest BCUT2D eigenvalue weighted by Gasteiger charge is -2.40. The van der Waals surface area contributed by atoms with Crippen molar-refractivity contribution < 1.29 is 14.4 Å². The Morgan fingerprint density at radius 1 is 1.00 bits per heavy atom. The molecule has 3 amide bonds. The zero-order valence-corrected chi connectivity index (χ0v) is 19.3. The van der Waals surface area contributed by atoms with E-state index in [4.69, 9.17) is 0 Å². The number of nitrogens with one attached hydrogen (secondary N) is 2. The van der Waals surface area contributed by atoms with Crippen LogP contribution in [-0.2, 0) is 4.79 Å². The summed E-state index contributed by atoms with van der Waals surface area (Å²) in [6.07, 6.45) is -0.671. The molecule has 35 heavy (non-hydrogen) atoms. The fourth-order valence-corrected chi connectivity index (χ4v) is 4.87. The number of hydrogen-bond donors (Lipinski definition) is 2. The molecule has 0 fully saturated rings. The van der Waals surface area contributed by atoms with Crippen LogP contribution < -0.4 is 10.2 Å². The van der Waals surface area contributed by atoms with Crippen LogP contribution in [0, 0.1) is 0 Å². The van der Waals surface area contributed by atoms with Crippen molar-refractivity contribution >= 4 is 40.1 Å². The van der Waals surface area contributed by atoms with Gasteiger partial charge >= 0.3 is 0 Å². The number of carbonyl (C=O) groups is 3. The van der Waals surface area contributed by atoms with E-state index in [1.807, 2.05) is 24.3 Å². The number of anilines is 2. The van der Waals surface area contributed by atoms with E-state index in [-0.39, 0.29) is 30.2 Å². The smallest absolute Gasteiger partial charge is 0.260 e. The van der Waals surface area contributed by atoms with Gasteiger partial charge in [0, 0.05) is 22.7 Å². The molecule has 6 rings (SSSR count). The van der Waals surface area contributed by atoms with Crippen molar-refractivity contribution in [1.82, 2.24) is 14.9 Å². The second kappa shape index (κ2) is 7.80. The van der Waals surface area contributed by atoms with Gasteiger partial charge in [-0.25, -0.2) is 4.98 Å². The molecule has 0 unspecified atom stereocenters. The maximum Gasteiger partial charge on any atom is 0.260 e. The van der Waals surface area contributed by atoms with Crippen LogP contribution >= 0.6 is 0 Å². The van der Waals surface area contributed by atoms with E-state index >= 15 is 0 Å². The van der Waals surface area contributed by atoms with E-state index in [2.05, 4.69) is 29.1 Å². The van der Waals surface area contributed by atoms with Crippen molar-refractivity contribution in [3.05, 3.63) is 89.2 Å². The summed E-state index contributed by atoms with van der Waals surface area (Å²) in [6, 6.07) is 19.7. The highest BCUT2D eigenvalue weighted by Gasteiger charge is 2.48. The Bertz CT molecular complexity index is 1520. The van der Waals surface area contributed by atoms with Gasteiger partial charge in [0.05, 0.1) is 22.3 Å². The number of aromatic nitrogens is 2. The van der Waals surface area contributed by atoms with E-state index in [0.717, 1.165) is 16.9 Å². The summed E-state index contributed by atoms with van der Waals surface area (Å²) in [4.78, 5) is 50.8. The number of para-hydroxylation sites is 1. The molecule has 0 saturated heterocycles. The maximum absolute atomic E-state index is 13.5. The van der Waals surface area contributed by atoms with Crippen molar-refractivity contribution in [3.8, 4) is 0 Å². The second-order valence-electron chi connectivity index (χ2n) is 9.14. The minimum absolute atomic E-state index is 0.179. The molecule has 0 spiro atoms. The zero-order chi connectivity index (χ0) is 24.3. The molecule has 174 valence electrons. The number of carbonyl (C=O) groups excluding carboxylic acids is 3. The highest BCUT2D eigenvalue weighted by atomic mass is 16.2. The number of benzene rings is 3. The number of rotatable bonds is 4. The quantitative estimate of drug-likeness (QED) is 0.466. The lowest BCUT2D eigenvalue weighted by Crippen LogP contribution is -2.50. The summed E-state index contributed by atoms with van der Waals surface area (Å²) in [5.74, 6) is 0.324. The molecule has 0 aliphatic carbocycles. The highest BCUT2D eigenvalue weighted by Crippen LogP contribution is 2.45. The molecule has 2 N–H and O–H groups in total. The van der Waals surface area contributed by atoms with Gasteiger partial charge in [0.25, 0.3) is 11.8 Å². The largest absolute Gasteiger partial charge is 0.342 e. The number of imidazole rings is 1. The van der Waals surface area contributed by atoms with E-state index in [9.17, 15) is 14.4 Å². The van der Waals surface area contributed by atoms with Crippen molar-refractivity contribution in [1.29, 1.82) is 0 Å². The molecule has 2 aliphatic rings. The number of amides is 3. The van der Waals surface area contributed by atoms with Crippen LogP contribution in [0.5, 0.6) is 0 Å². The first-order valence-corrected chi connectivity index (χ1v) is 11.5. The van der Waals surface area contributed by atoms with Gasteiger partial charge in [-0.1, -0.05) is 44.2 Å². The number of hydrogen-bond acceptors (Lipinski definition) is 4. The summed E-state index contributed by atoms with van der Waals surface area (Å²) >= 11 is 0. The lowest BCUT2D eigenvalue weighted by atomic mass is 10.0. The van der Waals surface area contributed by atoms with Gasteiger partial charge < -0.3 is 15.2 Å². The average Bonchev–Trinajstić information content (AvgIpc) is 3.41. The predicted octanol–water partition coefficient (Wildman–Crippen LogP) is 4.44. The van der Waals surface area contributed by atoms with Crippen LogP contribution in [0.15, 0.2) is 66.7 Å². The van der Waals surface area contributed by atoms with Crippen molar-refractivity contribution in [3.63, 3.8) is 0 Å². The summed E-state index contributed by atoms with van der Waals surface area (Å²) in [5.41, 5.74) is 4.48. The van der Waals surface area contributed by atoms with Crippen LogP contribution in [0.1, 0.15) is 58.0 Å². The molecule has 0 bridgehead atoms. The molecule has 3 heterocycles. The molecule has 1 aromatic heterocycles. The summed E-state index contributed by atoms with van der Waals surface area (Å²) in [6.45, 7) is 3.92. The van der Waals surface area contributed by atoms with Crippen molar-refractivity contribution in [2.45, 2.75) is 25.9 Å². The first-order chi connectivity index (χ1) is 16.9. The number of nitrogens with zero attached hydrogens (tertiary/aromatic N) is 3. The van der Waals surface area contributed by atoms with E-state index in [0.29, 0.717) is 28.1 Å². The molecular weight excluding hydrogens is 442 g/mol.